The molecule has 0 bridgehead atoms. The molecule has 1 saturated carbocycles. The molecule has 1 aliphatic carbocycles. The van der Waals surface area contributed by atoms with Crippen molar-refractivity contribution in [3.63, 3.8) is 0 Å². The van der Waals surface area contributed by atoms with E-state index >= 15 is 0 Å². The Morgan fingerprint density at radius 3 is 2.20 bits per heavy atom. The second kappa shape index (κ2) is 2.91. The van der Waals surface area contributed by atoms with Crippen LogP contribution in [0.15, 0.2) is 0 Å². The molecule has 0 aromatic heterocycles. The minimum absolute atomic E-state index is 0.0428. The Balaban J connectivity index is 2.49. The van der Waals surface area contributed by atoms with Gasteiger partial charge >= 0.3 is 0 Å². The molecule has 1 nitrogen and oxygen atoms in total. The van der Waals surface area contributed by atoms with Gasteiger partial charge in [0.1, 0.15) is 0 Å². The summed E-state index contributed by atoms with van der Waals surface area (Å²) < 4.78 is 0. The third-order valence-electron chi connectivity index (χ3n) is 2.92. The largest absolute Gasteiger partial charge is 0.393 e. The maximum atomic E-state index is 9.52. The molecule has 1 aliphatic rings. The molecule has 0 spiro atoms. The maximum Gasteiger partial charge on any atom is 0.0570 e. The van der Waals surface area contributed by atoms with Gasteiger partial charge in [0, 0.05) is 0 Å². The number of aliphatic hydroxyl groups is 1. The maximum absolute atomic E-state index is 9.52. The van der Waals surface area contributed by atoms with Gasteiger partial charge in [-0.3, -0.25) is 0 Å². The molecule has 0 amide bonds. The first-order valence-electron chi connectivity index (χ1n) is 4.29. The van der Waals surface area contributed by atoms with E-state index in [-0.39, 0.29) is 6.10 Å². The van der Waals surface area contributed by atoms with Gasteiger partial charge in [-0.05, 0) is 30.6 Å². The minimum Gasteiger partial charge on any atom is -0.393 e. The van der Waals surface area contributed by atoms with Gasteiger partial charge in [0.25, 0.3) is 0 Å². The molecule has 1 heteroatoms. The summed E-state index contributed by atoms with van der Waals surface area (Å²) in [5.74, 6) is 1.94. The Morgan fingerprint density at radius 2 is 1.70 bits per heavy atom. The van der Waals surface area contributed by atoms with Crippen LogP contribution in [0.3, 0.4) is 0 Å². The predicted molar refractivity (Wildman–Crippen MR) is 42.7 cm³/mol. The molecular weight excluding hydrogens is 124 g/mol. The molecule has 1 fully saturated rings. The van der Waals surface area contributed by atoms with Gasteiger partial charge in [-0.2, -0.15) is 0 Å². The highest BCUT2D eigenvalue weighted by molar-refractivity contribution is 4.79. The fourth-order valence-electron chi connectivity index (χ4n) is 1.95. The van der Waals surface area contributed by atoms with E-state index in [1.807, 2.05) is 0 Å². The summed E-state index contributed by atoms with van der Waals surface area (Å²) in [6, 6.07) is 0. The Hall–Kier alpha value is -0.0400. The third-order valence-corrected chi connectivity index (χ3v) is 2.92. The molecule has 0 aliphatic heterocycles. The van der Waals surface area contributed by atoms with Crippen LogP contribution in [0.25, 0.3) is 0 Å². The van der Waals surface area contributed by atoms with Gasteiger partial charge in [0.05, 0.1) is 6.10 Å². The summed E-state index contributed by atoms with van der Waals surface area (Å²) in [6.07, 6.45) is 2.25. The summed E-state index contributed by atoms with van der Waals surface area (Å²) in [5.41, 5.74) is 0. The van der Waals surface area contributed by atoms with E-state index in [1.165, 1.54) is 6.42 Å². The summed E-state index contributed by atoms with van der Waals surface area (Å²) in [4.78, 5) is 0. The van der Waals surface area contributed by atoms with Crippen LogP contribution in [0.1, 0.15) is 33.6 Å². The van der Waals surface area contributed by atoms with Gasteiger partial charge in [0.2, 0.25) is 0 Å². The van der Waals surface area contributed by atoms with Crippen molar-refractivity contribution in [3.05, 3.63) is 0 Å². The highest BCUT2D eigenvalue weighted by atomic mass is 16.3. The fourth-order valence-corrected chi connectivity index (χ4v) is 1.95. The molecule has 0 radical (unpaired) electrons. The van der Waals surface area contributed by atoms with Crippen molar-refractivity contribution in [2.24, 2.45) is 17.8 Å². The molecule has 0 heterocycles. The second-order valence-electron chi connectivity index (χ2n) is 3.98. The average molecular weight is 142 g/mol. The molecule has 0 aromatic carbocycles. The van der Waals surface area contributed by atoms with Gasteiger partial charge in [-0.15, -0.1) is 0 Å². The van der Waals surface area contributed by atoms with Crippen molar-refractivity contribution >= 4 is 0 Å². The monoisotopic (exact) mass is 142 g/mol. The molecule has 1 N–H and O–H groups in total. The molecule has 4 atom stereocenters. The van der Waals surface area contributed by atoms with E-state index in [1.54, 1.807) is 0 Å². The molecule has 0 aromatic rings. The Labute approximate surface area is 63.4 Å². The van der Waals surface area contributed by atoms with Crippen molar-refractivity contribution in [2.45, 2.75) is 39.7 Å². The highest BCUT2D eigenvalue weighted by Gasteiger charge is 2.28. The lowest BCUT2D eigenvalue weighted by molar-refractivity contribution is 0.0259. The van der Waals surface area contributed by atoms with Crippen molar-refractivity contribution in [1.82, 2.24) is 0 Å². The van der Waals surface area contributed by atoms with Gasteiger partial charge < -0.3 is 5.11 Å². The first-order chi connectivity index (χ1) is 4.61. The number of rotatable bonds is 0. The predicted octanol–water partition coefficient (Wildman–Crippen LogP) is 2.05. The van der Waals surface area contributed by atoms with Crippen LogP contribution in [0.2, 0.25) is 0 Å². The first kappa shape index (κ1) is 8.06. The minimum atomic E-state index is -0.0428. The van der Waals surface area contributed by atoms with Crippen LogP contribution in [-0.4, -0.2) is 11.2 Å². The SMILES string of the molecule is CC1C[C@H](C)C[C@H](O)C1C. The standard InChI is InChI=1S/C9H18O/c1-6-4-7(2)8(3)9(10)5-6/h6-10H,4-5H2,1-3H3/t6-,7?,8?,9-/m0/s1. The number of hydrogen-bond acceptors (Lipinski definition) is 1. The van der Waals surface area contributed by atoms with Crippen LogP contribution < -0.4 is 0 Å². The Kier molecular flexibility index (Phi) is 2.35. The topological polar surface area (TPSA) is 20.2 Å². The summed E-state index contributed by atoms with van der Waals surface area (Å²) in [5, 5.41) is 9.52. The molecule has 2 unspecified atom stereocenters. The summed E-state index contributed by atoms with van der Waals surface area (Å²) >= 11 is 0. The van der Waals surface area contributed by atoms with Crippen LogP contribution in [0.5, 0.6) is 0 Å². The van der Waals surface area contributed by atoms with E-state index in [9.17, 15) is 5.11 Å². The average Bonchev–Trinajstić information content (AvgIpc) is 1.82. The fraction of sp³-hybridized carbons (Fsp3) is 1.00. The highest BCUT2D eigenvalue weighted by Crippen LogP contribution is 2.32. The van der Waals surface area contributed by atoms with E-state index < -0.39 is 0 Å². The van der Waals surface area contributed by atoms with Crippen LogP contribution in [0.4, 0.5) is 0 Å². The lowest BCUT2D eigenvalue weighted by atomic mass is 9.75. The molecular formula is C9H18O. The zero-order valence-electron chi connectivity index (χ0n) is 7.17. The zero-order chi connectivity index (χ0) is 7.72. The van der Waals surface area contributed by atoms with Gasteiger partial charge in [0.15, 0.2) is 0 Å². The summed E-state index contributed by atoms with van der Waals surface area (Å²) in [6.45, 7) is 6.62. The quantitative estimate of drug-likeness (QED) is 0.549. The van der Waals surface area contributed by atoms with Crippen molar-refractivity contribution < 1.29 is 5.11 Å². The molecule has 10 heavy (non-hydrogen) atoms. The lowest BCUT2D eigenvalue weighted by Gasteiger charge is -2.34. The van der Waals surface area contributed by atoms with E-state index in [0.29, 0.717) is 11.8 Å². The normalized spacial score (nSPS) is 49.2. The van der Waals surface area contributed by atoms with E-state index in [4.69, 9.17) is 0 Å². The lowest BCUT2D eigenvalue weighted by Crippen LogP contribution is -2.32. The van der Waals surface area contributed by atoms with Gasteiger partial charge in [-0.1, -0.05) is 20.8 Å². The Morgan fingerprint density at radius 1 is 1.10 bits per heavy atom. The summed E-state index contributed by atoms with van der Waals surface area (Å²) in [7, 11) is 0. The Bertz CT molecular complexity index is 99.3. The molecule has 60 valence electrons. The zero-order valence-corrected chi connectivity index (χ0v) is 7.17. The van der Waals surface area contributed by atoms with Crippen LogP contribution in [-0.2, 0) is 0 Å². The third kappa shape index (κ3) is 1.51. The van der Waals surface area contributed by atoms with Crippen molar-refractivity contribution in [3.8, 4) is 0 Å². The molecule has 1 rings (SSSR count). The molecule has 0 saturated heterocycles. The van der Waals surface area contributed by atoms with E-state index in [0.717, 1.165) is 12.3 Å². The van der Waals surface area contributed by atoms with E-state index in [2.05, 4.69) is 20.8 Å². The van der Waals surface area contributed by atoms with Crippen molar-refractivity contribution in [2.75, 3.05) is 0 Å². The van der Waals surface area contributed by atoms with Gasteiger partial charge in [-0.25, -0.2) is 0 Å². The number of hydrogen-bond donors (Lipinski definition) is 1. The smallest absolute Gasteiger partial charge is 0.0570 e. The van der Waals surface area contributed by atoms with Crippen molar-refractivity contribution in [1.29, 1.82) is 0 Å². The number of aliphatic hydroxyl groups excluding tert-OH is 1. The first-order valence-corrected chi connectivity index (χ1v) is 4.29. The van der Waals surface area contributed by atoms with Crippen LogP contribution >= 0.6 is 0 Å². The second-order valence-corrected chi connectivity index (χ2v) is 3.98. The van der Waals surface area contributed by atoms with Crippen LogP contribution in [0, 0.1) is 17.8 Å².